The second-order valence-electron chi connectivity index (χ2n) is 4.42. The van der Waals surface area contributed by atoms with Crippen molar-refractivity contribution in [3.8, 4) is 0 Å². The van der Waals surface area contributed by atoms with E-state index in [1.54, 1.807) is 20.8 Å². The summed E-state index contributed by atoms with van der Waals surface area (Å²) in [5.74, 6) is -5.31. The molecule has 0 saturated carbocycles. The summed E-state index contributed by atoms with van der Waals surface area (Å²) in [5, 5.41) is 0. The predicted molar refractivity (Wildman–Crippen MR) is 75.1 cm³/mol. The van der Waals surface area contributed by atoms with Gasteiger partial charge in [-0.1, -0.05) is 0 Å². The average Bonchev–Trinajstić information content (AvgIpc) is 2.42. The van der Waals surface area contributed by atoms with Gasteiger partial charge in [0.1, 0.15) is 0 Å². The molecule has 138 valence electrons. The van der Waals surface area contributed by atoms with Gasteiger partial charge in [-0.3, -0.25) is 0 Å². The predicted octanol–water partition coefficient (Wildman–Crippen LogP) is 3.37. The summed E-state index contributed by atoms with van der Waals surface area (Å²) in [6.07, 6.45) is -10.7. The molecule has 0 aromatic heterocycles. The Kier molecular flexibility index (Phi) is 8.06. The monoisotopic (exact) mass is 468 g/mol. The van der Waals surface area contributed by atoms with Crippen molar-refractivity contribution in [3.63, 3.8) is 0 Å². The number of carbonyl (C=O) groups excluding carboxylic acids is 2. The van der Waals surface area contributed by atoms with Crippen LogP contribution in [0, 0.1) is 0 Å². The van der Waals surface area contributed by atoms with Crippen LogP contribution in [-0.4, -0.2) is 53.0 Å². The van der Waals surface area contributed by atoms with E-state index < -0.39 is 44.9 Å². The number of alkyl halides is 7. The zero-order valence-electron chi connectivity index (χ0n) is 12.6. The van der Waals surface area contributed by atoms with E-state index in [0.717, 1.165) is 0 Å². The van der Waals surface area contributed by atoms with Gasteiger partial charge in [0.25, 0.3) is 0 Å². The molecule has 0 aliphatic rings. The normalized spacial score (nSPS) is 13.5. The molecule has 0 unspecified atom stereocenters. The van der Waals surface area contributed by atoms with E-state index in [0.29, 0.717) is 19.6 Å². The second-order valence-corrected chi connectivity index (χ2v) is 7.58. The van der Waals surface area contributed by atoms with Gasteiger partial charge in [0.05, 0.1) is 0 Å². The number of carbonyl (C=O) groups is 2. The van der Waals surface area contributed by atoms with Crippen molar-refractivity contribution < 1.29 is 46.5 Å². The number of rotatable bonds is 7. The first-order valence-electron chi connectivity index (χ1n) is 6.41. The van der Waals surface area contributed by atoms with Gasteiger partial charge in [-0.25, -0.2) is 0 Å². The molecule has 0 atom stereocenters. The Morgan fingerprint density at radius 2 is 1.13 bits per heavy atom. The van der Waals surface area contributed by atoms with Gasteiger partial charge in [0.15, 0.2) is 0 Å². The van der Waals surface area contributed by atoms with Gasteiger partial charge in [-0.05, 0) is 0 Å². The average molecular weight is 468 g/mol. The van der Waals surface area contributed by atoms with E-state index >= 15 is 0 Å². The molecule has 0 saturated heterocycles. The van der Waals surface area contributed by atoms with Crippen molar-refractivity contribution in [1.29, 1.82) is 0 Å². The zero-order valence-corrected chi connectivity index (χ0v) is 14.7. The van der Waals surface area contributed by atoms with Crippen LogP contribution in [0.4, 0.5) is 26.3 Å². The molecule has 0 radical (unpaired) electrons. The summed E-state index contributed by atoms with van der Waals surface area (Å²) < 4.78 is 81.3. The van der Waals surface area contributed by atoms with E-state index in [-0.39, 0.29) is 9.03 Å². The Balaban J connectivity index is 5.30. The summed E-state index contributed by atoms with van der Waals surface area (Å²) in [5.41, 5.74) is 0. The minimum absolute atomic E-state index is 0.0706. The van der Waals surface area contributed by atoms with E-state index in [4.69, 9.17) is 0 Å². The van der Waals surface area contributed by atoms with Crippen molar-refractivity contribution in [1.82, 2.24) is 0 Å². The fraction of sp³-hybridized carbons (Fsp3) is 0.818. The van der Waals surface area contributed by atoms with Crippen LogP contribution in [0.2, 0.25) is 0 Å². The third-order valence-electron chi connectivity index (χ3n) is 3.14. The molecule has 0 spiro atoms. The number of quaternary nitrogens is 1. The summed E-state index contributed by atoms with van der Waals surface area (Å²) in [4.78, 5) is 21.7. The Morgan fingerprint density at radius 3 is 1.35 bits per heavy atom. The maximum absolute atomic E-state index is 12.2. The molecular weight excluding hydrogens is 451 g/mol. The fourth-order valence-electron chi connectivity index (χ4n) is 1.44. The van der Waals surface area contributed by atoms with E-state index in [1.165, 1.54) is 0 Å². The third kappa shape index (κ3) is 7.10. The van der Waals surface area contributed by atoms with Gasteiger partial charge in [0.2, 0.25) is 0 Å². The van der Waals surface area contributed by atoms with Crippen molar-refractivity contribution in [2.24, 2.45) is 0 Å². The van der Waals surface area contributed by atoms with Crippen LogP contribution in [-0.2, 0) is 15.7 Å². The van der Waals surface area contributed by atoms with Crippen molar-refractivity contribution in [3.05, 3.63) is 0 Å². The molecule has 0 aliphatic heterocycles. The molecule has 0 aromatic carbocycles. The molecule has 0 fully saturated rings. The third-order valence-corrected chi connectivity index (χ3v) is 6.93. The van der Waals surface area contributed by atoms with E-state index in [2.05, 4.69) is 6.13 Å². The van der Waals surface area contributed by atoms with Crippen molar-refractivity contribution in [2.45, 2.75) is 33.1 Å². The number of nitrogens with zero attached hydrogens (tertiary/aromatic N) is 1. The van der Waals surface area contributed by atoms with E-state index in [9.17, 15) is 35.9 Å². The number of halogens is 7. The molecule has 23 heavy (non-hydrogen) atoms. The summed E-state index contributed by atoms with van der Waals surface area (Å²) in [7, 11) is 0. The number of hydrogen-bond donors (Lipinski definition) is 0. The summed E-state index contributed by atoms with van der Waals surface area (Å²) >= 11 is -4.10. The standard InChI is InChI=1S/C11H17F6INO4/c1-4-19(5-2,6-3)7-18(22-8(20)10(12,13)14)23-9(21)11(15,16)17/h4-7H2,1-3H3/q+1. The van der Waals surface area contributed by atoms with Crippen LogP contribution in [0.3, 0.4) is 0 Å². The van der Waals surface area contributed by atoms with Gasteiger partial charge < -0.3 is 0 Å². The fourth-order valence-corrected chi connectivity index (χ4v) is 5.83. The zero-order chi connectivity index (χ0) is 18.5. The number of hydrogen-bond acceptors (Lipinski definition) is 4. The maximum atomic E-state index is 12.2. The molecule has 0 aromatic rings. The first-order valence-corrected chi connectivity index (χ1v) is 9.70. The van der Waals surface area contributed by atoms with Crippen LogP contribution in [0.25, 0.3) is 0 Å². The first kappa shape index (κ1) is 22.2. The first-order chi connectivity index (χ1) is 10.3. The van der Waals surface area contributed by atoms with Gasteiger partial charge in [-0.15, -0.1) is 0 Å². The Morgan fingerprint density at radius 1 is 0.826 bits per heavy atom. The molecule has 12 heteroatoms. The Hall–Kier alpha value is -0.790. The van der Waals surface area contributed by atoms with Crippen LogP contribution >= 0.6 is 20.6 Å². The molecule has 0 aliphatic carbocycles. The molecule has 5 nitrogen and oxygen atoms in total. The van der Waals surface area contributed by atoms with Crippen LogP contribution in [0.5, 0.6) is 0 Å². The molecule has 0 rings (SSSR count). The molecular formula is C11H17F6INO4+. The minimum atomic E-state index is -5.37. The van der Waals surface area contributed by atoms with Crippen LogP contribution < -0.4 is 0 Å². The van der Waals surface area contributed by atoms with Gasteiger partial charge in [-0.2, -0.15) is 0 Å². The van der Waals surface area contributed by atoms with Crippen molar-refractivity contribution >= 4 is 32.6 Å². The topological polar surface area (TPSA) is 52.6 Å². The van der Waals surface area contributed by atoms with Crippen molar-refractivity contribution in [2.75, 3.05) is 24.2 Å². The van der Waals surface area contributed by atoms with Gasteiger partial charge in [0, 0.05) is 0 Å². The van der Waals surface area contributed by atoms with Crippen LogP contribution in [0.15, 0.2) is 0 Å². The Bertz CT molecular complexity index is 385. The molecule has 0 heterocycles. The quantitative estimate of drug-likeness (QED) is 0.189. The van der Waals surface area contributed by atoms with E-state index in [1.807, 2.05) is 0 Å². The Labute approximate surface area is 137 Å². The van der Waals surface area contributed by atoms with Crippen LogP contribution in [0.1, 0.15) is 20.8 Å². The summed E-state index contributed by atoms with van der Waals surface area (Å²) in [6.45, 7) is 6.14. The SMILES string of the molecule is CC[N+](CC)(CC)CI(OC(=O)C(F)(F)F)OC(=O)C(F)(F)F. The molecule has 0 N–H and O–H groups in total. The summed E-state index contributed by atoms with van der Waals surface area (Å²) in [6, 6.07) is 0. The van der Waals surface area contributed by atoms with Gasteiger partial charge >= 0.3 is 136 Å². The molecule has 0 bridgehead atoms. The second kappa shape index (κ2) is 8.35. The molecule has 0 amide bonds.